The van der Waals surface area contributed by atoms with Gasteiger partial charge in [-0.2, -0.15) is 0 Å². The number of pyridine rings is 1. The SMILES string of the molecule is Cc1c(-c2ccc(C(N)=O)c3[nH]c4cc(C(C)(C)O)ccc4c23)cccc1-n1cccc(C)c1=O. The van der Waals surface area contributed by atoms with E-state index in [2.05, 4.69) is 4.98 Å². The number of rotatable bonds is 4. The molecule has 0 radical (unpaired) electrons. The number of benzene rings is 3. The van der Waals surface area contributed by atoms with Crippen molar-refractivity contribution in [3.8, 4) is 16.8 Å². The number of carbonyl (C=O) groups is 1. The number of aryl methyl sites for hydroxylation is 1. The Morgan fingerprint density at radius 2 is 1.77 bits per heavy atom. The van der Waals surface area contributed by atoms with Crippen molar-refractivity contribution < 1.29 is 9.90 Å². The highest BCUT2D eigenvalue weighted by atomic mass is 16.3. The first-order valence-corrected chi connectivity index (χ1v) is 11.5. The number of nitrogens with zero attached hydrogens (tertiary/aromatic N) is 1. The zero-order valence-corrected chi connectivity index (χ0v) is 20.1. The molecule has 0 spiro atoms. The Balaban J connectivity index is 1.84. The van der Waals surface area contributed by atoms with Gasteiger partial charge >= 0.3 is 0 Å². The molecule has 35 heavy (non-hydrogen) atoms. The van der Waals surface area contributed by atoms with Crippen molar-refractivity contribution in [3.63, 3.8) is 0 Å². The minimum absolute atomic E-state index is 0.0618. The second-order valence-corrected chi connectivity index (χ2v) is 9.54. The summed E-state index contributed by atoms with van der Waals surface area (Å²) < 4.78 is 1.66. The van der Waals surface area contributed by atoms with Crippen LogP contribution in [0.4, 0.5) is 0 Å². The molecule has 0 unspecified atom stereocenters. The van der Waals surface area contributed by atoms with Gasteiger partial charge in [0.05, 0.1) is 22.4 Å². The summed E-state index contributed by atoms with van der Waals surface area (Å²) in [5.41, 5.74) is 11.5. The monoisotopic (exact) mass is 465 g/mol. The van der Waals surface area contributed by atoms with Crippen LogP contribution in [0, 0.1) is 13.8 Å². The third kappa shape index (κ3) is 3.63. The Morgan fingerprint density at radius 1 is 1.00 bits per heavy atom. The lowest BCUT2D eigenvalue weighted by Gasteiger charge is -2.17. The lowest BCUT2D eigenvalue weighted by Crippen LogP contribution is -2.20. The van der Waals surface area contributed by atoms with Crippen LogP contribution in [0.15, 0.2) is 71.7 Å². The topological polar surface area (TPSA) is 101 Å². The number of carbonyl (C=O) groups excluding carboxylic acids is 1. The van der Waals surface area contributed by atoms with Crippen LogP contribution in [0.5, 0.6) is 0 Å². The number of aromatic nitrogens is 2. The van der Waals surface area contributed by atoms with Crippen LogP contribution in [-0.2, 0) is 5.60 Å². The second kappa shape index (κ2) is 7.96. The molecule has 0 aliphatic rings. The molecule has 176 valence electrons. The van der Waals surface area contributed by atoms with Gasteiger partial charge in [-0.05, 0) is 74.2 Å². The maximum absolute atomic E-state index is 12.8. The Hall–Kier alpha value is -4.16. The molecule has 6 heteroatoms. The summed E-state index contributed by atoms with van der Waals surface area (Å²) in [6, 6.07) is 18.9. The summed E-state index contributed by atoms with van der Waals surface area (Å²) in [4.78, 5) is 28.5. The van der Waals surface area contributed by atoms with Crippen LogP contribution in [0.25, 0.3) is 38.6 Å². The number of primary amides is 1. The fraction of sp³-hybridized carbons (Fsp3) is 0.172. The number of H-pyrrole nitrogens is 1. The van der Waals surface area contributed by atoms with Gasteiger partial charge in [0.2, 0.25) is 0 Å². The van der Waals surface area contributed by atoms with Crippen molar-refractivity contribution in [2.75, 3.05) is 0 Å². The van der Waals surface area contributed by atoms with Crippen molar-refractivity contribution in [1.82, 2.24) is 9.55 Å². The van der Waals surface area contributed by atoms with E-state index in [0.29, 0.717) is 16.6 Å². The van der Waals surface area contributed by atoms with Gasteiger partial charge in [-0.3, -0.25) is 14.2 Å². The fourth-order valence-electron chi connectivity index (χ4n) is 4.79. The van der Waals surface area contributed by atoms with Gasteiger partial charge in [0.15, 0.2) is 0 Å². The highest BCUT2D eigenvalue weighted by Crippen LogP contribution is 2.39. The molecule has 3 aromatic carbocycles. The molecule has 1 amide bonds. The number of aliphatic hydroxyl groups is 1. The largest absolute Gasteiger partial charge is 0.386 e. The van der Waals surface area contributed by atoms with Crippen molar-refractivity contribution in [2.24, 2.45) is 5.73 Å². The zero-order chi connectivity index (χ0) is 25.1. The minimum atomic E-state index is -1.01. The number of amides is 1. The molecule has 5 aromatic rings. The lowest BCUT2D eigenvalue weighted by atomic mass is 9.92. The van der Waals surface area contributed by atoms with Crippen molar-refractivity contribution in [2.45, 2.75) is 33.3 Å². The summed E-state index contributed by atoms with van der Waals surface area (Å²) >= 11 is 0. The number of hydrogen-bond donors (Lipinski definition) is 3. The van der Waals surface area contributed by atoms with Gasteiger partial charge in [0.25, 0.3) is 11.5 Å². The van der Waals surface area contributed by atoms with Gasteiger partial charge in [-0.15, -0.1) is 0 Å². The maximum atomic E-state index is 12.8. The number of fused-ring (bicyclic) bond motifs is 3. The van der Waals surface area contributed by atoms with E-state index in [0.717, 1.165) is 44.2 Å². The molecule has 0 saturated heterocycles. The van der Waals surface area contributed by atoms with Gasteiger partial charge in [-0.25, -0.2) is 0 Å². The van der Waals surface area contributed by atoms with E-state index in [1.54, 1.807) is 43.7 Å². The van der Waals surface area contributed by atoms with Gasteiger partial charge < -0.3 is 15.8 Å². The predicted octanol–water partition coefficient (Wildman–Crippen LogP) is 5.08. The van der Waals surface area contributed by atoms with E-state index in [1.807, 2.05) is 55.5 Å². The quantitative estimate of drug-likeness (QED) is 0.345. The van der Waals surface area contributed by atoms with Crippen molar-refractivity contribution in [1.29, 1.82) is 0 Å². The van der Waals surface area contributed by atoms with E-state index < -0.39 is 11.5 Å². The Bertz CT molecular complexity index is 1700. The van der Waals surface area contributed by atoms with Gasteiger partial charge in [-0.1, -0.05) is 36.4 Å². The highest BCUT2D eigenvalue weighted by molar-refractivity contribution is 6.20. The summed E-state index contributed by atoms with van der Waals surface area (Å²) in [6.07, 6.45) is 1.77. The first-order chi connectivity index (χ1) is 16.6. The first-order valence-electron chi connectivity index (χ1n) is 11.5. The van der Waals surface area contributed by atoms with Crippen LogP contribution < -0.4 is 11.3 Å². The summed E-state index contributed by atoms with van der Waals surface area (Å²) in [5.74, 6) is -0.521. The first kappa shape index (κ1) is 22.6. The van der Waals surface area contributed by atoms with Crippen LogP contribution in [0.1, 0.15) is 40.9 Å². The molecule has 0 saturated carbocycles. The molecule has 0 aliphatic heterocycles. The Kier molecular flexibility index (Phi) is 5.15. The number of nitrogens with two attached hydrogens (primary N) is 1. The molecule has 0 atom stereocenters. The standard InChI is InChI=1S/C29H27N3O3/c1-16-7-6-14-32(28(16)34)24-9-5-8-19(17(24)2)20-12-13-22(27(30)33)26-25(20)21-11-10-18(29(3,4)35)15-23(21)31-26/h5-15,31,35H,1-4H3,(H2,30,33). The molecule has 6 nitrogen and oxygen atoms in total. The maximum Gasteiger partial charge on any atom is 0.257 e. The van der Waals surface area contributed by atoms with Crippen LogP contribution in [0.2, 0.25) is 0 Å². The van der Waals surface area contributed by atoms with Gasteiger partial charge in [0, 0.05) is 28.0 Å². The van der Waals surface area contributed by atoms with E-state index in [-0.39, 0.29) is 5.56 Å². The lowest BCUT2D eigenvalue weighted by molar-refractivity contribution is 0.0787. The number of nitrogens with one attached hydrogen (secondary N) is 1. The number of aromatic amines is 1. The van der Waals surface area contributed by atoms with E-state index in [4.69, 9.17) is 5.73 Å². The molecule has 0 aliphatic carbocycles. The van der Waals surface area contributed by atoms with E-state index >= 15 is 0 Å². The molecule has 2 aromatic heterocycles. The number of hydrogen-bond acceptors (Lipinski definition) is 3. The minimum Gasteiger partial charge on any atom is -0.386 e. The van der Waals surface area contributed by atoms with Crippen molar-refractivity contribution >= 4 is 27.7 Å². The Morgan fingerprint density at radius 3 is 2.49 bits per heavy atom. The smallest absolute Gasteiger partial charge is 0.257 e. The zero-order valence-electron chi connectivity index (χ0n) is 20.1. The molecule has 0 fully saturated rings. The molecule has 0 bridgehead atoms. The van der Waals surface area contributed by atoms with Crippen LogP contribution in [-0.4, -0.2) is 20.6 Å². The average Bonchev–Trinajstić information content (AvgIpc) is 3.19. The van der Waals surface area contributed by atoms with E-state index in [1.165, 1.54) is 0 Å². The van der Waals surface area contributed by atoms with Crippen LogP contribution in [0.3, 0.4) is 0 Å². The van der Waals surface area contributed by atoms with E-state index in [9.17, 15) is 14.7 Å². The van der Waals surface area contributed by atoms with Crippen molar-refractivity contribution in [3.05, 3.63) is 99.5 Å². The fourth-order valence-corrected chi connectivity index (χ4v) is 4.79. The highest BCUT2D eigenvalue weighted by Gasteiger charge is 2.21. The average molecular weight is 466 g/mol. The molecule has 5 rings (SSSR count). The normalized spacial score (nSPS) is 11.9. The second-order valence-electron chi connectivity index (χ2n) is 9.54. The van der Waals surface area contributed by atoms with Gasteiger partial charge in [0.1, 0.15) is 0 Å². The van der Waals surface area contributed by atoms with Crippen LogP contribution >= 0.6 is 0 Å². The molecule has 2 heterocycles. The third-order valence-corrected chi connectivity index (χ3v) is 6.72. The molecule has 4 N–H and O–H groups in total. The Labute approximate surface area is 202 Å². The third-order valence-electron chi connectivity index (χ3n) is 6.72. The predicted molar refractivity (Wildman–Crippen MR) is 140 cm³/mol. The summed E-state index contributed by atoms with van der Waals surface area (Å²) in [5, 5.41) is 12.3. The molecular formula is C29H27N3O3. The summed E-state index contributed by atoms with van der Waals surface area (Å²) in [6.45, 7) is 7.27. The molecular weight excluding hydrogens is 438 g/mol. The summed E-state index contributed by atoms with van der Waals surface area (Å²) in [7, 11) is 0.